The smallest absolute Gasteiger partial charge is 0.406 e. The highest BCUT2D eigenvalue weighted by Gasteiger charge is 2.35. The summed E-state index contributed by atoms with van der Waals surface area (Å²) in [6.07, 6.45) is -4.24. The van der Waals surface area contributed by atoms with Crippen molar-refractivity contribution in [1.29, 1.82) is 0 Å². The van der Waals surface area contributed by atoms with Gasteiger partial charge in [-0.25, -0.2) is 14.0 Å². The molecule has 0 spiro atoms. The lowest BCUT2D eigenvalue weighted by molar-refractivity contribution is -0.133. The van der Waals surface area contributed by atoms with Crippen LogP contribution in [0.4, 0.5) is 14.0 Å². The van der Waals surface area contributed by atoms with Gasteiger partial charge in [0.2, 0.25) is 0 Å². The zero-order valence-electron chi connectivity index (χ0n) is 7.24. The van der Waals surface area contributed by atoms with Gasteiger partial charge < -0.3 is 20.9 Å². The molecule has 0 radical (unpaired) electrons. The van der Waals surface area contributed by atoms with Gasteiger partial charge in [-0.1, -0.05) is 0 Å². The van der Waals surface area contributed by atoms with Crippen LogP contribution in [0.3, 0.4) is 0 Å². The zero-order chi connectivity index (χ0) is 10.6. The molecule has 0 heterocycles. The first-order valence-electron chi connectivity index (χ1n) is 3.34. The van der Waals surface area contributed by atoms with Crippen LogP contribution < -0.4 is 11.5 Å². The number of carbonyl (C=O) groups excluding carboxylic acids is 2. The summed E-state index contributed by atoms with van der Waals surface area (Å²) in [5.41, 5.74) is 7.15. The van der Waals surface area contributed by atoms with Gasteiger partial charge in [-0.3, -0.25) is 0 Å². The number of carbonyl (C=O) groups is 2. The number of hydrogen-bond acceptors (Lipinski definition) is 4. The normalized spacial score (nSPS) is 11.1. The van der Waals surface area contributed by atoms with E-state index in [1.165, 1.54) is 0 Å². The number of alkyl halides is 1. The molecule has 0 aromatic heterocycles. The Hall–Kier alpha value is -1.53. The molecule has 76 valence electrons. The minimum Gasteiger partial charge on any atom is -0.406 e. The van der Waals surface area contributed by atoms with Crippen LogP contribution in [0.15, 0.2) is 0 Å². The van der Waals surface area contributed by atoms with Crippen molar-refractivity contribution in [2.75, 3.05) is 0 Å². The highest BCUT2D eigenvalue weighted by molar-refractivity contribution is 5.67. The van der Waals surface area contributed by atoms with E-state index in [-0.39, 0.29) is 0 Å². The molecule has 0 atom stereocenters. The van der Waals surface area contributed by atoms with Crippen molar-refractivity contribution in [2.45, 2.75) is 25.8 Å². The molecule has 0 aliphatic heterocycles. The Kier molecular flexibility index (Phi) is 3.46. The van der Waals surface area contributed by atoms with Gasteiger partial charge in [0.05, 0.1) is 0 Å². The Balaban J connectivity index is 4.37. The lowest BCUT2D eigenvalue weighted by atomic mass is 10.1. The van der Waals surface area contributed by atoms with E-state index in [2.05, 4.69) is 20.9 Å². The largest absolute Gasteiger partial charge is 0.407 e. The Morgan fingerprint density at radius 2 is 1.54 bits per heavy atom. The highest BCUT2D eigenvalue weighted by Crippen LogP contribution is 2.18. The van der Waals surface area contributed by atoms with Crippen LogP contribution in [-0.2, 0) is 9.47 Å². The average Bonchev–Trinajstić information content (AvgIpc) is 1.81. The number of amides is 2. The van der Waals surface area contributed by atoms with Crippen molar-refractivity contribution in [3.05, 3.63) is 0 Å². The topological polar surface area (TPSA) is 105 Å². The lowest BCUT2D eigenvalue weighted by Crippen LogP contribution is -2.42. The number of nitrogens with two attached hydrogens (primary N) is 2. The maximum absolute atomic E-state index is 13.1. The zero-order valence-corrected chi connectivity index (χ0v) is 7.24. The third kappa shape index (κ3) is 4.83. The van der Waals surface area contributed by atoms with Crippen LogP contribution in [-0.4, -0.2) is 24.1 Å². The van der Waals surface area contributed by atoms with E-state index < -0.39 is 24.1 Å². The summed E-state index contributed by atoms with van der Waals surface area (Å²) in [5.74, 6) is 0. The third-order valence-electron chi connectivity index (χ3n) is 1.01. The van der Waals surface area contributed by atoms with Crippen LogP contribution in [0.25, 0.3) is 0 Å². The van der Waals surface area contributed by atoms with E-state index in [0.717, 1.165) is 13.8 Å². The first-order chi connectivity index (χ1) is 5.73. The summed E-state index contributed by atoms with van der Waals surface area (Å²) in [7, 11) is 0. The van der Waals surface area contributed by atoms with E-state index in [1.54, 1.807) is 0 Å². The molecule has 0 aliphatic carbocycles. The summed E-state index contributed by atoms with van der Waals surface area (Å²) < 4.78 is 21.4. The molecule has 0 saturated heterocycles. The summed E-state index contributed by atoms with van der Waals surface area (Å²) in [4.78, 5) is 20.5. The van der Waals surface area contributed by atoms with Crippen LogP contribution in [0, 0.1) is 0 Å². The summed E-state index contributed by atoms with van der Waals surface area (Å²) in [5, 5.41) is 0. The molecule has 6 nitrogen and oxygen atoms in total. The molecular weight excluding hydrogens is 183 g/mol. The van der Waals surface area contributed by atoms with Gasteiger partial charge in [-0.05, 0) is 13.8 Å². The van der Waals surface area contributed by atoms with Gasteiger partial charge >= 0.3 is 12.2 Å². The van der Waals surface area contributed by atoms with E-state index in [9.17, 15) is 14.0 Å². The van der Waals surface area contributed by atoms with Gasteiger partial charge in [0, 0.05) is 0 Å². The Bertz CT molecular complexity index is 197. The van der Waals surface area contributed by atoms with Crippen molar-refractivity contribution in [3.63, 3.8) is 0 Å². The molecule has 0 fully saturated rings. The standard InChI is InChI=1S/C6H11FN2O4/c1-6(2,7)3(12-4(8)10)13-5(9)11/h3H,1-2H3,(H2,8,10)(H2,9,11). The van der Waals surface area contributed by atoms with Crippen LogP contribution >= 0.6 is 0 Å². The minimum atomic E-state index is -2.07. The van der Waals surface area contributed by atoms with Crippen molar-refractivity contribution in [1.82, 2.24) is 0 Å². The Labute approximate surface area is 74.0 Å². The summed E-state index contributed by atoms with van der Waals surface area (Å²) in [6, 6.07) is 0. The first kappa shape index (κ1) is 11.5. The molecule has 0 bridgehead atoms. The third-order valence-corrected chi connectivity index (χ3v) is 1.01. The number of hydrogen-bond donors (Lipinski definition) is 2. The number of rotatable bonds is 3. The fraction of sp³-hybridized carbons (Fsp3) is 0.667. The second-order valence-corrected chi connectivity index (χ2v) is 2.77. The van der Waals surface area contributed by atoms with E-state index >= 15 is 0 Å². The molecular formula is C6H11FN2O4. The van der Waals surface area contributed by atoms with Gasteiger partial charge in [0.15, 0.2) is 5.67 Å². The number of primary amides is 2. The highest BCUT2D eigenvalue weighted by atomic mass is 19.1. The van der Waals surface area contributed by atoms with Crippen molar-refractivity contribution >= 4 is 12.2 Å². The molecule has 2 amide bonds. The molecule has 0 aliphatic rings. The fourth-order valence-corrected chi connectivity index (χ4v) is 0.515. The van der Waals surface area contributed by atoms with Gasteiger partial charge in [-0.2, -0.15) is 0 Å². The van der Waals surface area contributed by atoms with E-state index in [1.807, 2.05) is 0 Å². The molecule has 0 unspecified atom stereocenters. The molecule has 0 aromatic carbocycles. The van der Waals surface area contributed by atoms with Gasteiger partial charge in [0.1, 0.15) is 0 Å². The Morgan fingerprint density at radius 1 is 1.23 bits per heavy atom. The second-order valence-electron chi connectivity index (χ2n) is 2.77. The number of ether oxygens (including phenoxy) is 2. The molecule has 4 N–H and O–H groups in total. The second kappa shape index (κ2) is 3.92. The van der Waals surface area contributed by atoms with Crippen molar-refractivity contribution in [2.24, 2.45) is 11.5 Å². The van der Waals surface area contributed by atoms with E-state index in [0.29, 0.717) is 0 Å². The van der Waals surface area contributed by atoms with Crippen LogP contribution in [0.1, 0.15) is 13.8 Å². The fourth-order valence-electron chi connectivity index (χ4n) is 0.515. The predicted octanol–water partition coefficient (Wildman–Crippen LogP) is 0.251. The quantitative estimate of drug-likeness (QED) is 0.628. The van der Waals surface area contributed by atoms with E-state index in [4.69, 9.17) is 0 Å². The molecule has 7 heteroatoms. The van der Waals surface area contributed by atoms with Crippen LogP contribution in [0.2, 0.25) is 0 Å². The molecule has 0 saturated carbocycles. The summed E-state index contributed by atoms with van der Waals surface area (Å²) >= 11 is 0. The first-order valence-corrected chi connectivity index (χ1v) is 3.34. The SMILES string of the molecule is CC(C)(F)C(OC(N)=O)OC(N)=O. The Morgan fingerprint density at radius 3 is 1.69 bits per heavy atom. The number of halogens is 1. The molecule has 13 heavy (non-hydrogen) atoms. The lowest BCUT2D eigenvalue weighted by Gasteiger charge is -2.24. The average molecular weight is 194 g/mol. The van der Waals surface area contributed by atoms with Gasteiger partial charge in [0.25, 0.3) is 6.29 Å². The monoisotopic (exact) mass is 194 g/mol. The maximum Gasteiger partial charge on any atom is 0.407 e. The van der Waals surface area contributed by atoms with Gasteiger partial charge in [-0.15, -0.1) is 0 Å². The minimum absolute atomic E-state index is 1.05. The van der Waals surface area contributed by atoms with Crippen LogP contribution in [0.5, 0.6) is 0 Å². The summed E-state index contributed by atoms with van der Waals surface area (Å²) in [6.45, 7) is 2.09. The molecule has 0 rings (SSSR count). The van der Waals surface area contributed by atoms with Crippen molar-refractivity contribution < 1.29 is 23.5 Å². The molecule has 0 aromatic rings. The maximum atomic E-state index is 13.1. The predicted molar refractivity (Wildman–Crippen MR) is 40.3 cm³/mol. The van der Waals surface area contributed by atoms with Crippen molar-refractivity contribution in [3.8, 4) is 0 Å².